The van der Waals surface area contributed by atoms with Gasteiger partial charge in [-0.3, -0.25) is 14.4 Å². The molecule has 3 amide bonds. The number of rotatable bonds is 7. The Morgan fingerprint density at radius 3 is 2.73 bits per heavy atom. The molecule has 10 nitrogen and oxygen atoms in total. The van der Waals surface area contributed by atoms with E-state index in [1.807, 2.05) is 34.1 Å². The molecule has 1 saturated heterocycles. The first kappa shape index (κ1) is 27.5. The van der Waals surface area contributed by atoms with E-state index in [-0.39, 0.29) is 30.2 Å². The van der Waals surface area contributed by atoms with Gasteiger partial charge in [-0.1, -0.05) is 29.6 Å². The predicted molar refractivity (Wildman–Crippen MR) is 151 cm³/mol. The van der Waals surface area contributed by atoms with Gasteiger partial charge in [-0.2, -0.15) is 0 Å². The van der Waals surface area contributed by atoms with Crippen molar-refractivity contribution in [3.05, 3.63) is 52.3 Å². The first-order chi connectivity index (χ1) is 20.0. The molecule has 1 saturated carbocycles. The van der Waals surface area contributed by atoms with Crippen molar-refractivity contribution in [3.8, 4) is 5.75 Å². The molecule has 2 aliphatic heterocycles. The summed E-state index contributed by atoms with van der Waals surface area (Å²) in [5, 5.41) is 8.27. The Morgan fingerprint density at radius 1 is 1.12 bits per heavy atom. The van der Waals surface area contributed by atoms with E-state index in [0.717, 1.165) is 35.8 Å². The lowest BCUT2D eigenvalue weighted by Crippen LogP contribution is -2.50. The summed E-state index contributed by atoms with van der Waals surface area (Å²) < 4.78 is 11.7. The molecule has 2 fully saturated rings. The number of pyridine rings is 1. The van der Waals surface area contributed by atoms with Gasteiger partial charge in [0.15, 0.2) is 0 Å². The van der Waals surface area contributed by atoms with Crippen molar-refractivity contribution in [2.75, 3.05) is 26.7 Å². The minimum Gasteiger partial charge on any atom is -0.487 e. The van der Waals surface area contributed by atoms with Crippen molar-refractivity contribution in [2.24, 2.45) is 11.8 Å². The Kier molecular flexibility index (Phi) is 7.84. The molecule has 0 unspecified atom stereocenters. The minimum absolute atomic E-state index is 0.0416. The van der Waals surface area contributed by atoms with Crippen LogP contribution in [0, 0.1) is 11.8 Å². The van der Waals surface area contributed by atoms with Crippen molar-refractivity contribution in [1.82, 2.24) is 25.3 Å². The molecule has 3 aliphatic rings. The lowest BCUT2D eigenvalue weighted by Gasteiger charge is -2.43. The number of carbonyl (C=O) groups is 3. The number of halogens is 1. The fourth-order valence-corrected chi connectivity index (χ4v) is 6.94. The van der Waals surface area contributed by atoms with E-state index in [0.29, 0.717) is 67.5 Å². The zero-order valence-corrected chi connectivity index (χ0v) is 23.9. The number of hydrogen-bond acceptors (Lipinski definition) is 7. The van der Waals surface area contributed by atoms with Crippen molar-refractivity contribution in [2.45, 2.75) is 57.6 Å². The van der Waals surface area contributed by atoms with Gasteiger partial charge in [0.2, 0.25) is 17.7 Å². The summed E-state index contributed by atoms with van der Waals surface area (Å²) in [4.78, 5) is 47.7. The maximum Gasteiger partial charge on any atom is 0.258 e. The third-order valence-electron chi connectivity index (χ3n) is 8.77. The van der Waals surface area contributed by atoms with E-state index in [2.05, 4.69) is 15.5 Å². The van der Waals surface area contributed by atoms with Crippen LogP contribution in [0.25, 0.3) is 11.1 Å². The third-order valence-corrected chi connectivity index (χ3v) is 9.13. The Labute approximate surface area is 243 Å². The topological polar surface area (TPSA) is 118 Å². The Bertz CT molecular complexity index is 1470. The third kappa shape index (κ3) is 5.25. The number of nitrogens with one attached hydrogen (secondary N) is 1. The molecule has 11 heteroatoms. The van der Waals surface area contributed by atoms with Crippen LogP contribution in [0.15, 0.2) is 35.0 Å². The molecule has 2 aromatic heterocycles. The summed E-state index contributed by atoms with van der Waals surface area (Å²) in [6.07, 6.45) is 6.68. The van der Waals surface area contributed by atoms with Crippen LogP contribution in [-0.2, 0) is 27.4 Å². The van der Waals surface area contributed by atoms with E-state index < -0.39 is 12.0 Å². The SMILES string of the molecule is CNC(=O)[C@H]1CCCC[C@H]1C(=O)N1CCc2c(Cl)ccc(OCc3noc4ncccc34)c2[C@H]1CN1CCCC1=O. The second kappa shape index (κ2) is 11.7. The smallest absolute Gasteiger partial charge is 0.258 e. The highest BCUT2D eigenvalue weighted by atomic mass is 35.5. The van der Waals surface area contributed by atoms with Crippen LogP contribution in [-0.4, -0.2) is 64.3 Å². The zero-order chi connectivity index (χ0) is 28.5. The van der Waals surface area contributed by atoms with Crippen molar-refractivity contribution < 1.29 is 23.6 Å². The van der Waals surface area contributed by atoms with E-state index in [1.165, 1.54) is 0 Å². The number of benzene rings is 1. The number of likely N-dealkylation sites (tertiary alicyclic amines) is 1. The van der Waals surface area contributed by atoms with E-state index in [1.54, 1.807) is 13.2 Å². The minimum atomic E-state index is -0.454. The molecule has 1 aliphatic carbocycles. The average molecular weight is 580 g/mol. The van der Waals surface area contributed by atoms with Gasteiger partial charge in [0.25, 0.3) is 5.71 Å². The molecule has 0 bridgehead atoms. The maximum absolute atomic E-state index is 14.3. The quantitative estimate of drug-likeness (QED) is 0.448. The highest BCUT2D eigenvalue weighted by Crippen LogP contribution is 2.43. The summed E-state index contributed by atoms with van der Waals surface area (Å²) in [6, 6.07) is 6.88. The maximum atomic E-state index is 14.3. The Morgan fingerprint density at radius 2 is 1.95 bits per heavy atom. The summed E-state index contributed by atoms with van der Waals surface area (Å²) in [6.45, 7) is 1.59. The van der Waals surface area contributed by atoms with Gasteiger partial charge >= 0.3 is 0 Å². The molecular weight excluding hydrogens is 546 g/mol. The highest BCUT2D eigenvalue weighted by Gasteiger charge is 2.43. The van der Waals surface area contributed by atoms with Crippen molar-refractivity contribution >= 4 is 40.4 Å². The molecule has 6 rings (SSSR count). The van der Waals surface area contributed by atoms with Gasteiger partial charge in [-0.25, -0.2) is 4.98 Å². The van der Waals surface area contributed by atoms with Gasteiger partial charge in [-0.15, -0.1) is 0 Å². The molecule has 4 heterocycles. The molecule has 0 radical (unpaired) electrons. The molecular formula is C30H34ClN5O5. The summed E-state index contributed by atoms with van der Waals surface area (Å²) >= 11 is 6.73. The average Bonchev–Trinajstić information content (AvgIpc) is 3.61. The van der Waals surface area contributed by atoms with Crippen molar-refractivity contribution in [3.63, 3.8) is 0 Å². The second-order valence-corrected chi connectivity index (χ2v) is 11.5. The van der Waals surface area contributed by atoms with Crippen LogP contribution < -0.4 is 10.1 Å². The summed E-state index contributed by atoms with van der Waals surface area (Å²) in [7, 11) is 1.62. The van der Waals surface area contributed by atoms with Crippen LogP contribution in [0.5, 0.6) is 5.75 Å². The molecule has 216 valence electrons. The Hall–Kier alpha value is -3.66. The lowest BCUT2D eigenvalue weighted by atomic mass is 9.77. The number of fused-ring (bicyclic) bond motifs is 2. The number of amides is 3. The lowest BCUT2D eigenvalue weighted by molar-refractivity contribution is -0.147. The molecule has 0 spiro atoms. The number of aromatic nitrogens is 2. The van der Waals surface area contributed by atoms with Crippen LogP contribution >= 0.6 is 11.6 Å². The van der Waals surface area contributed by atoms with Gasteiger partial charge in [0.1, 0.15) is 18.1 Å². The zero-order valence-electron chi connectivity index (χ0n) is 23.1. The van der Waals surface area contributed by atoms with Crippen molar-refractivity contribution in [1.29, 1.82) is 0 Å². The fourth-order valence-electron chi connectivity index (χ4n) is 6.68. The van der Waals surface area contributed by atoms with Gasteiger partial charge in [0, 0.05) is 61.7 Å². The number of nitrogens with zero attached hydrogens (tertiary/aromatic N) is 4. The molecule has 3 aromatic rings. The molecule has 1 aromatic carbocycles. The standard InChI is InChI=1S/C30H34ClN5O5/c1-32-28(38)18-6-2-3-7-19(18)30(39)36-15-12-20-22(31)10-11-25(27(20)24(36)16-35-14-5-9-26(35)37)40-17-23-21-8-4-13-33-29(21)41-34-23/h4,8,10-11,13,18-19,24H,2-3,5-7,9,12,14-17H2,1H3,(H,32,38)/t18-,19+,24+/m0/s1. The van der Waals surface area contributed by atoms with Crippen LogP contribution in [0.1, 0.15) is 61.4 Å². The first-order valence-corrected chi connectivity index (χ1v) is 14.8. The molecule has 41 heavy (non-hydrogen) atoms. The normalized spacial score (nSPS) is 22.6. The fraction of sp³-hybridized carbons (Fsp3) is 0.500. The largest absolute Gasteiger partial charge is 0.487 e. The monoisotopic (exact) mass is 579 g/mol. The van der Waals surface area contributed by atoms with E-state index >= 15 is 0 Å². The summed E-state index contributed by atoms with van der Waals surface area (Å²) in [5.74, 6) is -0.227. The highest BCUT2D eigenvalue weighted by molar-refractivity contribution is 6.31. The predicted octanol–water partition coefficient (Wildman–Crippen LogP) is 4.06. The van der Waals surface area contributed by atoms with E-state index in [4.69, 9.17) is 20.9 Å². The Balaban J connectivity index is 1.36. The number of hydrogen-bond donors (Lipinski definition) is 1. The number of carbonyl (C=O) groups excluding carboxylic acids is 3. The summed E-state index contributed by atoms with van der Waals surface area (Å²) in [5.41, 5.74) is 2.78. The number of ether oxygens (including phenoxy) is 1. The van der Waals surface area contributed by atoms with Gasteiger partial charge < -0.3 is 24.4 Å². The van der Waals surface area contributed by atoms with Crippen LogP contribution in [0.3, 0.4) is 0 Å². The van der Waals surface area contributed by atoms with Gasteiger partial charge in [0.05, 0.1) is 11.4 Å². The first-order valence-electron chi connectivity index (χ1n) is 14.4. The van der Waals surface area contributed by atoms with Crippen LogP contribution in [0.4, 0.5) is 0 Å². The van der Waals surface area contributed by atoms with Crippen LogP contribution in [0.2, 0.25) is 5.02 Å². The van der Waals surface area contributed by atoms with E-state index in [9.17, 15) is 14.4 Å². The molecule has 3 atom stereocenters. The second-order valence-electron chi connectivity index (χ2n) is 11.1. The van der Waals surface area contributed by atoms with Gasteiger partial charge in [-0.05, 0) is 55.5 Å². The molecule has 1 N–H and O–H groups in total.